The maximum absolute atomic E-state index is 12.0. The fourth-order valence-corrected chi connectivity index (χ4v) is 1.29. The van der Waals surface area contributed by atoms with Gasteiger partial charge in [-0.1, -0.05) is 6.92 Å². The lowest BCUT2D eigenvalue weighted by molar-refractivity contribution is -0.135. The van der Waals surface area contributed by atoms with E-state index in [2.05, 4.69) is 12.0 Å². The SMILES string of the molecule is CCC(C)(C)N(C)C(=O)Cn1cc(N)cn1. The summed E-state index contributed by atoms with van der Waals surface area (Å²) in [5.41, 5.74) is 5.98. The Hall–Kier alpha value is -1.52. The van der Waals surface area contributed by atoms with Crippen molar-refractivity contribution in [3.63, 3.8) is 0 Å². The van der Waals surface area contributed by atoms with Gasteiger partial charge in [-0.2, -0.15) is 5.10 Å². The topological polar surface area (TPSA) is 64.2 Å². The van der Waals surface area contributed by atoms with Crippen LogP contribution < -0.4 is 5.73 Å². The lowest BCUT2D eigenvalue weighted by atomic mass is 10.00. The van der Waals surface area contributed by atoms with Crippen molar-refractivity contribution in [2.75, 3.05) is 12.8 Å². The van der Waals surface area contributed by atoms with Crippen LogP contribution in [0, 0.1) is 0 Å². The quantitative estimate of drug-likeness (QED) is 0.833. The minimum Gasteiger partial charge on any atom is -0.396 e. The van der Waals surface area contributed by atoms with Gasteiger partial charge in [-0.15, -0.1) is 0 Å². The van der Waals surface area contributed by atoms with E-state index in [1.807, 2.05) is 20.9 Å². The van der Waals surface area contributed by atoms with Crippen molar-refractivity contribution < 1.29 is 4.79 Å². The maximum Gasteiger partial charge on any atom is 0.244 e. The summed E-state index contributed by atoms with van der Waals surface area (Å²) in [5.74, 6) is 0.0370. The van der Waals surface area contributed by atoms with Crippen LogP contribution in [0.5, 0.6) is 0 Å². The zero-order valence-corrected chi connectivity index (χ0v) is 10.4. The van der Waals surface area contributed by atoms with Gasteiger partial charge >= 0.3 is 0 Å². The van der Waals surface area contributed by atoms with Gasteiger partial charge in [0.2, 0.25) is 5.91 Å². The normalized spacial score (nSPS) is 11.5. The molecule has 0 saturated heterocycles. The van der Waals surface area contributed by atoms with Crippen LogP contribution in [0.2, 0.25) is 0 Å². The van der Waals surface area contributed by atoms with E-state index in [4.69, 9.17) is 5.73 Å². The van der Waals surface area contributed by atoms with Crippen molar-refractivity contribution in [2.24, 2.45) is 0 Å². The first-order valence-corrected chi connectivity index (χ1v) is 5.41. The van der Waals surface area contributed by atoms with Crippen LogP contribution in [-0.4, -0.2) is 33.2 Å². The largest absolute Gasteiger partial charge is 0.396 e. The van der Waals surface area contributed by atoms with Crippen molar-refractivity contribution >= 4 is 11.6 Å². The lowest BCUT2D eigenvalue weighted by Crippen LogP contribution is -2.45. The molecule has 16 heavy (non-hydrogen) atoms. The summed E-state index contributed by atoms with van der Waals surface area (Å²) < 4.78 is 1.56. The molecule has 0 aliphatic heterocycles. The molecule has 5 nitrogen and oxygen atoms in total. The van der Waals surface area contributed by atoms with E-state index < -0.39 is 0 Å². The van der Waals surface area contributed by atoms with Gasteiger partial charge in [0.15, 0.2) is 0 Å². The molecule has 0 aromatic carbocycles. The average molecular weight is 224 g/mol. The van der Waals surface area contributed by atoms with E-state index >= 15 is 0 Å². The van der Waals surface area contributed by atoms with E-state index in [1.54, 1.807) is 15.8 Å². The molecule has 1 rings (SSSR count). The van der Waals surface area contributed by atoms with Crippen LogP contribution in [0.4, 0.5) is 5.69 Å². The molecule has 90 valence electrons. The molecule has 0 unspecified atom stereocenters. The number of hydrogen-bond acceptors (Lipinski definition) is 3. The van der Waals surface area contributed by atoms with E-state index in [1.165, 1.54) is 6.20 Å². The van der Waals surface area contributed by atoms with Gasteiger partial charge in [0.05, 0.1) is 11.9 Å². The van der Waals surface area contributed by atoms with Gasteiger partial charge in [0.1, 0.15) is 6.54 Å². The summed E-state index contributed by atoms with van der Waals surface area (Å²) in [6.45, 7) is 6.39. The summed E-state index contributed by atoms with van der Waals surface area (Å²) >= 11 is 0. The molecule has 1 aromatic rings. The molecule has 1 amide bonds. The molecule has 0 radical (unpaired) electrons. The minimum atomic E-state index is -0.129. The summed E-state index contributed by atoms with van der Waals surface area (Å²) in [4.78, 5) is 13.7. The first-order valence-electron chi connectivity index (χ1n) is 5.41. The number of likely N-dealkylation sites (N-methyl/N-ethyl adjacent to an activating group) is 1. The summed E-state index contributed by atoms with van der Waals surface area (Å²) in [6.07, 6.45) is 4.11. The highest BCUT2D eigenvalue weighted by Gasteiger charge is 2.25. The maximum atomic E-state index is 12.0. The van der Waals surface area contributed by atoms with Crippen LogP contribution >= 0.6 is 0 Å². The van der Waals surface area contributed by atoms with Crippen LogP contribution in [-0.2, 0) is 11.3 Å². The Morgan fingerprint density at radius 3 is 2.69 bits per heavy atom. The van der Waals surface area contributed by atoms with E-state index in [-0.39, 0.29) is 18.0 Å². The van der Waals surface area contributed by atoms with Crippen LogP contribution in [0.1, 0.15) is 27.2 Å². The zero-order chi connectivity index (χ0) is 12.3. The Kier molecular flexibility index (Phi) is 3.57. The van der Waals surface area contributed by atoms with Crippen molar-refractivity contribution in [1.82, 2.24) is 14.7 Å². The van der Waals surface area contributed by atoms with Crippen molar-refractivity contribution in [3.8, 4) is 0 Å². The Bertz CT molecular complexity index is 370. The first kappa shape index (κ1) is 12.5. The zero-order valence-electron chi connectivity index (χ0n) is 10.4. The molecule has 0 aliphatic rings. The third kappa shape index (κ3) is 2.74. The number of aromatic nitrogens is 2. The molecule has 2 N–H and O–H groups in total. The van der Waals surface area contributed by atoms with Gasteiger partial charge in [0, 0.05) is 18.8 Å². The van der Waals surface area contributed by atoms with Crippen molar-refractivity contribution in [2.45, 2.75) is 39.3 Å². The standard InChI is InChI=1S/C11H20N4O/c1-5-11(2,3)14(4)10(16)8-15-7-9(12)6-13-15/h6-7H,5,8,12H2,1-4H3. The fourth-order valence-electron chi connectivity index (χ4n) is 1.29. The fraction of sp³-hybridized carbons (Fsp3) is 0.636. The Labute approximate surface area is 96.2 Å². The minimum absolute atomic E-state index is 0.0370. The van der Waals surface area contributed by atoms with Gasteiger partial charge < -0.3 is 10.6 Å². The summed E-state index contributed by atoms with van der Waals surface area (Å²) in [7, 11) is 1.82. The van der Waals surface area contributed by atoms with Gasteiger partial charge in [-0.05, 0) is 20.3 Å². The lowest BCUT2D eigenvalue weighted by Gasteiger charge is -2.34. The van der Waals surface area contributed by atoms with Crippen molar-refractivity contribution in [3.05, 3.63) is 12.4 Å². The van der Waals surface area contributed by atoms with E-state index in [9.17, 15) is 4.79 Å². The molecule has 1 aromatic heterocycles. The molecule has 0 atom stereocenters. The number of carbonyl (C=O) groups excluding carboxylic acids is 1. The predicted octanol–water partition coefficient (Wildman–Crippen LogP) is 1.11. The number of anilines is 1. The first-order chi connectivity index (χ1) is 7.36. The predicted molar refractivity (Wildman–Crippen MR) is 63.8 cm³/mol. The second-order valence-corrected chi connectivity index (χ2v) is 4.59. The Morgan fingerprint density at radius 1 is 1.62 bits per heavy atom. The highest BCUT2D eigenvalue weighted by Crippen LogP contribution is 2.16. The van der Waals surface area contributed by atoms with E-state index in [0.717, 1.165) is 6.42 Å². The number of nitrogens with zero attached hydrogens (tertiary/aromatic N) is 3. The van der Waals surface area contributed by atoms with Gasteiger partial charge in [0.25, 0.3) is 0 Å². The highest BCUT2D eigenvalue weighted by atomic mass is 16.2. The smallest absolute Gasteiger partial charge is 0.244 e. The summed E-state index contributed by atoms with van der Waals surface area (Å²) in [6, 6.07) is 0. The molecule has 0 bridgehead atoms. The average Bonchev–Trinajstić information content (AvgIpc) is 2.62. The van der Waals surface area contributed by atoms with E-state index in [0.29, 0.717) is 5.69 Å². The Morgan fingerprint density at radius 2 is 2.25 bits per heavy atom. The third-order valence-corrected chi connectivity index (χ3v) is 3.10. The van der Waals surface area contributed by atoms with Gasteiger partial charge in [-0.25, -0.2) is 0 Å². The molecule has 1 heterocycles. The molecular weight excluding hydrogens is 204 g/mol. The second-order valence-electron chi connectivity index (χ2n) is 4.59. The third-order valence-electron chi connectivity index (χ3n) is 3.10. The number of hydrogen-bond donors (Lipinski definition) is 1. The monoisotopic (exact) mass is 224 g/mol. The number of nitrogens with two attached hydrogens (primary N) is 1. The molecule has 5 heteroatoms. The van der Waals surface area contributed by atoms with Crippen LogP contribution in [0.15, 0.2) is 12.4 Å². The molecule has 0 saturated carbocycles. The highest BCUT2D eigenvalue weighted by molar-refractivity contribution is 5.76. The molecular formula is C11H20N4O. The molecule has 0 fully saturated rings. The van der Waals surface area contributed by atoms with Crippen molar-refractivity contribution in [1.29, 1.82) is 0 Å². The number of rotatable bonds is 4. The van der Waals surface area contributed by atoms with Crippen LogP contribution in [0.3, 0.4) is 0 Å². The number of carbonyl (C=O) groups is 1. The van der Waals surface area contributed by atoms with Gasteiger partial charge in [-0.3, -0.25) is 9.48 Å². The van der Waals surface area contributed by atoms with Crippen LogP contribution in [0.25, 0.3) is 0 Å². The number of amides is 1. The summed E-state index contributed by atoms with van der Waals surface area (Å²) in [5, 5.41) is 3.99. The molecule has 0 aliphatic carbocycles. The molecule has 0 spiro atoms. The second kappa shape index (κ2) is 4.55. The number of nitrogen functional groups attached to an aromatic ring is 1. The Balaban J connectivity index is 2.66.